The van der Waals surface area contributed by atoms with Crippen LogP contribution in [0.1, 0.15) is 34.6 Å². The Morgan fingerprint density at radius 2 is 1.94 bits per heavy atom. The fourth-order valence-electron chi connectivity index (χ4n) is 5.21. The summed E-state index contributed by atoms with van der Waals surface area (Å²) < 4.78 is 5.84. The zero-order valence-corrected chi connectivity index (χ0v) is 21.3. The Bertz CT molecular complexity index is 1410. The number of anilines is 1. The number of hydrogen-bond donors (Lipinski definition) is 1. The summed E-state index contributed by atoms with van der Waals surface area (Å²) in [5.74, 6) is 1.07. The molecule has 2 aliphatic rings. The van der Waals surface area contributed by atoms with Crippen LogP contribution < -0.4 is 9.64 Å². The molecule has 4 heterocycles. The summed E-state index contributed by atoms with van der Waals surface area (Å²) in [6, 6.07) is 16.5. The van der Waals surface area contributed by atoms with Gasteiger partial charge in [0.15, 0.2) is 5.82 Å². The van der Waals surface area contributed by atoms with Gasteiger partial charge in [0.1, 0.15) is 5.75 Å². The molecule has 0 atom stereocenters. The van der Waals surface area contributed by atoms with Crippen LogP contribution in [0.25, 0.3) is 22.3 Å². The van der Waals surface area contributed by atoms with Crippen LogP contribution in [0.4, 0.5) is 5.69 Å². The van der Waals surface area contributed by atoms with E-state index in [0.29, 0.717) is 24.0 Å². The van der Waals surface area contributed by atoms with Crippen LogP contribution in [0.5, 0.6) is 5.75 Å². The molecule has 1 fully saturated rings. The number of ketones is 1. The van der Waals surface area contributed by atoms with Gasteiger partial charge in [-0.25, -0.2) is 4.98 Å². The molecule has 0 spiro atoms. The van der Waals surface area contributed by atoms with Crippen molar-refractivity contribution in [3.8, 4) is 17.0 Å². The average Bonchev–Trinajstić information content (AvgIpc) is 3.55. The van der Waals surface area contributed by atoms with E-state index >= 15 is 0 Å². The summed E-state index contributed by atoms with van der Waals surface area (Å²) in [4.78, 5) is 30.5. The summed E-state index contributed by atoms with van der Waals surface area (Å²) in [5.41, 5.74) is 6.22. The number of carbonyl (C=O) groups excluding carboxylic acids is 1. The summed E-state index contributed by atoms with van der Waals surface area (Å²) >= 11 is 0. The maximum absolute atomic E-state index is 13.4. The topological polar surface area (TPSA) is 74.3 Å². The molecule has 0 radical (unpaired) electrons. The van der Waals surface area contributed by atoms with Gasteiger partial charge in [0.2, 0.25) is 5.78 Å². The third kappa shape index (κ3) is 4.45. The number of nitrogens with zero attached hydrogens (tertiary/aromatic N) is 4. The number of piperidine rings is 1. The number of nitrogens with one attached hydrogen (secondary N) is 1. The van der Waals surface area contributed by atoms with Crippen molar-refractivity contribution in [1.29, 1.82) is 0 Å². The molecule has 0 unspecified atom stereocenters. The van der Waals surface area contributed by atoms with Crippen molar-refractivity contribution < 1.29 is 9.53 Å². The quantitative estimate of drug-likeness (QED) is 0.396. The minimum Gasteiger partial charge on any atom is -0.492 e. The lowest BCUT2D eigenvalue weighted by atomic mass is 10.0. The Hall–Kier alpha value is -3.42. The second-order valence-corrected chi connectivity index (χ2v) is 9.62. The van der Waals surface area contributed by atoms with E-state index in [1.54, 1.807) is 12.3 Å². The highest BCUT2D eigenvalue weighted by Gasteiger charge is 2.22. The Morgan fingerprint density at radius 3 is 2.75 bits per heavy atom. The van der Waals surface area contributed by atoms with Crippen molar-refractivity contribution in [2.45, 2.75) is 25.3 Å². The van der Waals surface area contributed by atoms with E-state index in [1.165, 1.54) is 11.3 Å². The SMILES string of the molecule is CN(C)C1CCN(c2ccc3nc(C(=O)c4ccnc(-c5cccc6c5OCC6)c4)[nH]c3c2)CC1.Cl. The highest BCUT2D eigenvalue weighted by Crippen LogP contribution is 2.36. The van der Waals surface area contributed by atoms with Gasteiger partial charge in [-0.2, -0.15) is 0 Å². The van der Waals surface area contributed by atoms with E-state index in [0.717, 1.165) is 60.4 Å². The molecule has 2 aromatic heterocycles. The fraction of sp³-hybridized carbons (Fsp3) is 0.321. The number of imidazole rings is 1. The molecule has 6 rings (SSSR count). The molecule has 36 heavy (non-hydrogen) atoms. The van der Waals surface area contributed by atoms with Gasteiger partial charge >= 0.3 is 0 Å². The zero-order chi connectivity index (χ0) is 23.9. The molecule has 2 aromatic carbocycles. The molecule has 0 saturated carbocycles. The van der Waals surface area contributed by atoms with Crippen molar-refractivity contribution >= 4 is 34.9 Å². The van der Waals surface area contributed by atoms with Gasteiger partial charge < -0.3 is 19.5 Å². The molecular formula is C28H30ClN5O2. The largest absolute Gasteiger partial charge is 0.492 e. The van der Waals surface area contributed by atoms with Crippen molar-refractivity contribution in [2.75, 3.05) is 38.7 Å². The number of carbonyl (C=O) groups is 1. The number of aromatic amines is 1. The van der Waals surface area contributed by atoms with E-state index in [2.05, 4.69) is 57.0 Å². The Kier molecular flexibility index (Phi) is 6.69. The predicted molar refractivity (Wildman–Crippen MR) is 145 cm³/mol. The number of para-hydroxylation sites is 1. The Morgan fingerprint density at radius 1 is 1.11 bits per heavy atom. The maximum Gasteiger partial charge on any atom is 0.228 e. The number of fused-ring (bicyclic) bond motifs is 2. The minimum absolute atomic E-state index is 0. The lowest BCUT2D eigenvalue weighted by molar-refractivity contribution is 0.103. The lowest BCUT2D eigenvalue weighted by Crippen LogP contribution is -2.41. The third-order valence-electron chi connectivity index (χ3n) is 7.25. The van der Waals surface area contributed by atoms with E-state index in [1.807, 2.05) is 24.3 Å². The molecule has 0 aliphatic carbocycles. The van der Waals surface area contributed by atoms with Crippen LogP contribution in [-0.4, -0.2) is 65.5 Å². The maximum atomic E-state index is 13.4. The first-order chi connectivity index (χ1) is 17.1. The fourth-order valence-corrected chi connectivity index (χ4v) is 5.21. The van der Waals surface area contributed by atoms with Gasteiger partial charge in [-0.05, 0) is 68.9 Å². The number of rotatable bonds is 5. The molecule has 186 valence electrons. The van der Waals surface area contributed by atoms with Crippen LogP contribution in [0.3, 0.4) is 0 Å². The summed E-state index contributed by atoms with van der Waals surface area (Å²) in [6.45, 7) is 2.74. The first-order valence-corrected chi connectivity index (χ1v) is 12.2. The van der Waals surface area contributed by atoms with Crippen molar-refractivity contribution in [2.24, 2.45) is 0 Å². The number of ether oxygens (including phenoxy) is 1. The molecular weight excluding hydrogens is 474 g/mol. The second kappa shape index (κ2) is 9.91. The van der Waals surface area contributed by atoms with Crippen LogP contribution in [0.2, 0.25) is 0 Å². The molecule has 2 aliphatic heterocycles. The first-order valence-electron chi connectivity index (χ1n) is 12.2. The summed E-state index contributed by atoms with van der Waals surface area (Å²) in [7, 11) is 4.31. The molecule has 0 bridgehead atoms. The minimum atomic E-state index is -0.147. The summed E-state index contributed by atoms with van der Waals surface area (Å²) in [6.07, 6.45) is 4.88. The number of pyridine rings is 1. The number of aromatic nitrogens is 3. The van der Waals surface area contributed by atoms with Crippen LogP contribution in [-0.2, 0) is 6.42 Å². The standard InChI is InChI=1S/C28H29N5O2.ClH/c1-32(2)20-9-13-33(14-10-20)21-6-7-23-25(17-21)31-28(30-23)26(34)19-8-12-29-24(16-19)22-5-3-4-18-11-15-35-27(18)22;/h3-8,12,16-17,20H,9-11,13-15H2,1-2H3,(H,30,31);1H. The Balaban J connectivity index is 0.00000267. The molecule has 1 N–H and O–H groups in total. The second-order valence-electron chi connectivity index (χ2n) is 9.62. The smallest absolute Gasteiger partial charge is 0.228 e. The van der Waals surface area contributed by atoms with Crippen molar-refractivity contribution in [1.82, 2.24) is 19.9 Å². The Labute approximate surface area is 216 Å². The van der Waals surface area contributed by atoms with Crippen molar-refractivity contribution in [3.63, 3.8) is 0 Å². The van der Waals surface area contributed by atoms with Gasteiger partial charge in [-0.3, -0.25) is 9.78 Å². The van der Waals surface area contributed by atoms with Crippen molar-refractivity contribution in [3.05, 3.63) is 71.7 Å². The number of H-pyrrole nitrogens is 1. The highest BCUT2D eigenvalue weighted by molar-refractivity contribution is 6.08. The average molecular weight is 504 g/mol. The third-order valence-corrected chi connectivity index (χ3v) is 7.25. The number of hydrogen-bond acceptors (Lipinski definition) is 6. The first kappa shape index (κ1) is 24.3. The van der Waals surface area contributed by atoms with Crippen LogP contribution in [0.15, 0.2) is 54.7 Å². The van der Waals surface area contributed by atoms with E-state index in [4.69, 9.17) is 4.74 Å². The normalized spacial score (nSPS) is 15.6. The van der Waals surface area contributed by atoms with Crippen LogP contribution >= 0.6 is 12.4 Å². The molecule has 8 heteroatoms. The van der Waals surface area contributed by atoms with E-state index < -0.39 is 0 Å². The number of halogens is 1. The van der Waals surface area contributed by atoms with Gasteiger partial charge in [0.25, 0.3) is 0 Å². The molecule has 4 aromatic rings. The molecule has 0 amide bonds. The van der Waals surface area contributed by atoms with Gasteiger partial charge in [0.05, 0.1) is 23.3 Å². The monoisotopic (exact) mass is 503 g/mol. The predicted octanol–water partition coefficient (Wildman–Crippen LogP) is 4.74. The van der Waals surface area contributed by atoms with Gasteiger partial charge in [-0.15, -0.1) is 12.4 Å². The van der Waals surface area contributed by atoms with E-state index in [-0.39, 0.29) is 18.2 Å². The number of benzene rings is 2. The van der Waals surface area contributed by atoms with Gasteiger partial charge in [0, 0.05) is 48.6 Å². The van der Waals surface area contributed by atoms with E-state index in [9.17, 15) is 4.79 Å². The molecule has 1 saturated heterocycles. The van der Waals surface area contributed by atoms with Crippen LogP contribution in [0, 0.1) is 0 Å². The lowest BCUT2D eigenvalue weighted by Gasteiger charge is -2.36. The van der Waals surface area contributed by atoms with Gasteiger partial charge in [-0.1, -0.05) is 12.1 Å². The highest BCUT2D eigenvalue weighted by atomic mass is 35.5. The zero-order valence-electron chi connectivity index (χ0n) is 20.5. The molecule has 7 nitrogen and oxygen atoms in total. The summed E-state index contributed by atoms with van der Waals surface area (Å²) in [5, 5.41) is 0.